The molecular formula is C14H12N2O3. The largest absolute Gasteiger partial charge is 0.467 e. The molecule has 3 aromatic rings. The molecule has 5 nitrogen and oxygen atoms in total. The van der Waals surface area contributed by atoms with Crippen LogP contribution in [0.1, 0.15) is 12.0 Å². The maximum Gasteiger partial charge on any atom is 0.324 e. The molecule has 96 valence electrons. The number of hydrogen-bond acceptors (Lipinski definition) is 4. The molecule has 4 rings (SSSR count). The summed E-state index contributed by atoms with van der Waals surface area (Å²) in [6, 6.07) is 6.05. The van der Waals surface area contributed by atoms with Crippen molar-refractivity contribution >= 4 is 21.8 Å². The van der Waals surface area contributed by atoms with Crippen molar-refractivity contribution in [3.8, 4) is 5.95 Å². The van der Waals surface area contributed by atoms with E-state index in [1.807, 2.05) is 16.7 Å². The van der Waals surface area contributed by atoms with Gasteiger partial charge in [0.2, 0.25) is 0 Å². The molecule has 0 aliphatic carbocycles. The first-order valence-electron chi connectivity index (χ1n) is 6.29. The van der Waals surface area contributed by atoms with Crippen molar-refractivity contribution in [1.29, 1.82) is 0 Å². The third kappa shape index (κ3) is 1.24. The highest BCUT2D eigenvalue weighted by Crippen LogP contribution is 2.31. The van der Waals surface area contributed by atoms with Crippen LogP contribution in [0.5, 0.6) is 5.95 Å². The quantitative estimate of drug-likeness (QED) is 0.669. The van der Waals surface area contributed by atoms with E-state index >= 15 is 0 Å². The van der Waals surface area contributed by atoms with E-state index in [-0.39, 0.29) is 11.5 Å². The van der Waals surface area contributed by atoms with Crippen molar-refractivity contribution in [3.05, 3.63) is 34.1 Å². The Kier molecular flexibility index (Phi) is 2.01. The summed E-state index contributed by atoms with van der Waals surface area (Å²) in [5.74, 6) is 0.196. The van der Waals surface area contributed by atoms with E-state index < -0.39 is 0 Å². The number of pyridine rings is 1. The zero-order valence-corrected chi connectivity index (χ0v) is 10.5. The zero-order valence-electron chi connectivity index (χ0n) is 10.5. The second kappa shape index (κ2) is 3.60. The Bertz CT molecular complexity index is 860. The Labute approximate surface area is 108 Å². The third-order valence-electron chi connectivity index (χ3n) is 3.78. The van der Waals surface area contributed by atoms with Crippen molar-refractivity contribution in [3.63, 3.8) is 0 Å². The second-order valence-electron chi connectivity index (χ2n) is 4.77. The third-order valence-corrected chi connectivity index (χ3v) is 3.78. The zero-order chi connectivity index (χ0) is 13.0. The van der Waals surface area contributed by atoms with Gasteiger partial charge in [-0.2, -0.15) is 0 Å². The summed E-state index contributed by atoms with van der Waals surface area (Å²) < 4.78 is 12.0. The number of methoxy groups -OCH3 is 1. The van der Waals surface area contributed by atoms with Crippen LogP contribution >= 0.6 is 0 Å². The molecule has 0 atom stereocenters. The smallest absolute Gasteiger partial charge is 0.324 e. The lowest BCUT2D eigenvalue weighted by atomic mass is 10.00. The lowest BCUT2D eigenvalue weighted by Crippen LogP contribution is -2.24. The molecular weight excluding hydrogens is 244 g/mol. The number of nitrogens with zero attached hydrogens (tertiary/aromatic N) is 2. The van der Waals surface area contributed by atoms with Gasteiger partial charge in [0, 0.05) is 11.9 Å². The fourth-order valence-corrected chi connectivity index (χ4v) is 2.97. The van der Waals surface area contributed by atoms with Crippen LogP contribution in [0.2, 0.25) is 0 Å². The van der Waals surface area contributed by atoms with Gasteiger partial charge in [0.05, 0.1) is 12.6 Å². The summed E-state index contributed by atoms with van der Waals surface area (Å²) in [4.78, 5) is 12.6. The van der Waals surface area contributed by atoms with E-state index in [0.717, 1.165) is 30.3 Å². The molecule has 0 N–H and O–H groups in total. The number of para-hydroxylation sites is 1. The van der Waals surface area contributed by atoms with E-state index in [2.05, 4.69) is 11.2 Å². The Balaban J connectivity index is 2.33. The number of ether oxygens (including phenoxy) is 1. The minimum atomic E-state index is -0.0762. The monoisotopic (exact) mass is 256 g/mol. The molecule has 0 spiro atoms. The fourth-order valence-electron chi connectivity index (χ4n) is 2.97. The molecule has 0 saturated heterocycles. The number of hydrogen-bond donors (Lipinski definition) is 0. The Morgan fingerprint density at radius 1 is 1.42 bits per heavy atom. The molecule has 1 aromatic carbocycles. The molecule has 0 radical (unpaired) electrons. The van der Waals surface area contributed by atoms with Crippen LogP contribution in [0.15, 0.2) is 27.5 Å². The predicted octanol–water partition coefficient (Wildman–Crippen LogP) is 2.10. The van der Waals surface area contributed by atoms with E-state index in [1.54, 1.807) is 0 Å². The van der Waals surface area contributed by atoms with E-state index in [4.69, 9.17) is 9.26 Å². The highest BCUT2D eigenvalue weighted by molar-refractivity contribution is 6.05. The van der Waals surface area contributed by atoms with Gasteiger partial charge in [-0.25, -0.2) is 0 Å². The van der Waals surface area contributed by atoms with Crippen LogP contribution in [-0.4, -0.2) is 16.8 Å². The normalized spacial score (nSPS) is 14.2. The molecule has 19 heavy (non-hydrogen) atoms. The van der Waals surface area contributed by atoms with Crippen molar-refractivity contribution in [2.75, 3.05) is 7.11 Å². The molecule has 5 heteroatoms. The maximum atomic E-state index is 12.6. The molecule has 0 bridgehead atoms. The molecule has 0 unspecified atom stereocenters. The number of benzene rings is 1. The van der Waals surface area contributed by atoms with Gasteiger partial charge in [-0.1, -0.05) is 23.4 Å². The first kappa shape index (κ1) is 10.6. The summed E-state index contributed by atoms with van der Waals surface area (Å²) in [6.07, 6.45) is 1.97. The first-order chi connectivity index (χ1) is 9.31. The van der Waals surface area contributed by atoms with Gasteiger partial charge in [-0.3, -0.25) is 4.79 Å². The summed E-state index contributed by atoms with van der Waals surface area (Å²) in [5, 5.41) is 5.40. The summed E-state index contributed by atoms with van der Waals surface area (Å²) in [7, 11) is 1.48. The van der Waals surface area contributed by atoms with E-state index in [9.17, 15) is 4.79 Å². The molecule has 0 fully saturated rings. The fraction of sp³-hybridized carbons (Fsp3) is 0.286. The maximum absolute atomic E-state index is 12.6. The van der Waals surface area contributed by atoms with Gasteiger partial charge in [-0.05, 0) is 18.4 Å². The van der Waals surface area contributed by atoms with Gasteiger partial charge in [0.15, 0.2) is 5.39 Å². The van der Waals surface area contributed by atoms with Crippen molar-refractivity contribution in [1.82, 2.24) is 9.72 Å². The average Bonchev–Trinajstić information content (AvgIpc) is 2.88. The average molecular weight is 256 g/mol. The van der Waals surface area contributed by atoms with Crippen LogP contribution in [0.25, 0.3) is 21.8 Å². The van der Waals surface area contributed by atoms with Gasteiger partial charge >= 0.3 is 5.95 Å². The Morgan fingerprint density at radius 2 is 2.32 bits per heavy atom. The number of rotatable bonds is 1. The van der Waals surface area contributed by atoms with Crippen molar-refractivity contribution < 1.29 is 9.26 Å². The van der Waals surface area contributed by atoms with Gasteiger partial charge in [0.25, 0.3) is 5.56 Å². The summed E-state index contributed by atoms with van der Waals surface area (Å²) >= 11 is 0. The van der Waals surface area contributed by atoms with Gasteiger partial charge < -0.3 is 13.8 Å². The topological polar surface area (TPSA) is 57.3 Å². The van der Waals surface area contributed by atoms with E-state index in [0.29, 0.717) is 10.9 Å². The minimum absolute atomic E-state index is 0.0762. The van der Waals surface area contributed by atoms with Crippen LogP contribution < -0.4 is 10.3 Å². The molecule has 1 aliphatic rings. The lowest BCUT2D eigenvalue weighted by molar-refractivity contribution is 0.265. The summed E-state index contributed by atoms with van der Waals surface area (Å²) in [5.41, 5.74) is 2.71. The lowest BCUT2D eigenvalue weighted by Gasteiger charge is -2.19. The van der Waals surface area contributed by atoms with Gasteiger partial charge in [0.1, 0.15) is 5.52 Å². The number of aromatic nitrogens is 2. The molecule has 0 saturated carbocycles. The van der Waals surface area contributed by atoms with Gasteiger partial charge in [-0.15, -0.1) is 0 Å². The highest BCUT2D eigenvalue weighted by atomic mass is 16.6. The molecule has 3 heterocycles. The van der Waals surface area contributed by atoms with Crippen molar-refractivity contribution in [2.24, 2.45) is 0 Å². The molecule has 1 aliphatic heterocycles. The van der Waals surface area contributed by atoms with Crippen LogP contribution in [0.4, 0.5) is 0 Å². The van der Waals surface area contributed by atoms with Crippen LogP contribution in [0, 0.1) is 0 Å². The highest BCUT2D eigenvalue weighted by Gasteiger charge is 2.22. The first-order valence-corrected chi connectivity index (χ1v) is 6.29. The summed E-state index contributed by atoms with van der Waals surface area (Å²) in [6.45, 7) is 0.733. The Morgan fingerprint density at radius 3 is 3.16 bits per heavy atom. The SMILES string of the molecule is COc1onc2c1c(=O)n1c3c(cccc23)CCC1. The van der Waals surface area contributed by atoms with E-state index in [1.165, 1.54) is 12.7 Å². The van der Waals surface area contributed by atoms with Crippen molar-refractivity contribution in [2.45, 2.75) is 19.4 Å². The van der Waals surface area contributed by atoms with Crippen LogP contribution in [0.3, 0.4) is 0 Å². The Hall–Kier alpha value is -2.30. The standard InChI is InChI=1S/C14H12N2O3/c1-18-14-10-11(15-19-14)9-6-2-4-8-5-3-7-16(12(8)9)13(10)17/h2,4,6H,3,5,7H2,1H3. The number of aryl methyl sites for hydroxylation is 2. The molecule has 2 aromatic heterocycles. The minimum Gasteiger partial charge on any atom is -0.467 e. The number of fused-ring (bicyclic) bond motifs is 2. The van der Waals surface area contributed by atoms with Crippen LogP contribution in [-0.2, 0) is 13.0 Å². The predicted molar refractivity (Wildman–Crippen MR) is 70.6 cm³/mol. The molecule has 0 amide bonds. The second-order valence-corrected chi connectivity index (χ2v) is 4.77.